The van der Waals surface area contributed by atoms with E-state index in [0.29, 0.717) is 6.54 Å². The second-order valence-corrected chi connectivity index (χ2v) is 3.81. The number of carbonyl (C=O) groups is 1. The average molecular weight is 231 g/mol. The molecule has 0 bridgehead atoms. The van der Waals surface area contributed by atoms with Gasteiger partial charge in [0.15, 0.2) is 6.10 Å². The van der Waals surface area contributed by atoms with Crippen molar-refractivity contribution in [3.63, 3.8) is 0 Å². The summed E-state index contributed by atoms with van der Waals surface area (Å²) in [4.78, 5) is 27.7. The van der Waals surface area contributed by atoms with E-state index in [-0.39, 0.29) is 0 Å². The zero-order valence-corrected chi connectivity index (χ0v) is 9.35. The van der Waals surface area contributed by atoms with E-state index in [1.54, 1.807) is 0 Å². The standard InChI is InChI=1S/C9H17N3O4/c1-8(16-12(14)15)9(13)10-4-7-11-5-2-3-6-11/h8H,2-7H2,1H3,(H,10,13). The summed E-state index contributed by atoms with van der Waals surface area (Å²) in [6, 6.07) is 0. The van der Waals surface area contributed by atoms with Crippen LogP contribution < -0.4 is 5.32 Å². The number of amides is 1. The van der Waals surface area contributed by atoms with E-state index in [0.717, 1.165) is 19.6 Å². The fourth-order valence-corrected chi connectivity index (χ4v) is 1.66. The van der Waals surface area contributed by atoms with Crippen molar-refractivity contribution >= 4 is 5.91 Å². The van der Waals surface area contributed by atoms with E-state index >= 15 is 0 Å². The van der Waals surface area contributed by atoms with Crippen LogP contribution in [0, 0.1) is 10.1 Å². The summed E-state index contributed by atoms with van der Waals surface area (Å²) in [6.07, 6.45) is 1.36. The lowest BCUT2D eigenvalue weighted by Gasteiger charge is -2.15. The fourth-order valence-electron chi connectivity index (χ4n) is 1.66. The zero-order chi connectivity index (χ0) is 12.0. The van der Waals surface area contributed by atoms with Crippen LogP contribution in [0.1, 0.15) is 19.8 Å². The van der Waals surface area contributed by atoms with E-state index < -0.39 is 17.1 Å². The first-order chi connectivity index (χ1) is 7.59. The SMILES string of the molecule is CC(O[N+](=O)[O-])C(=O)NCCN1CCCC1. The summed E-state index contributed by atoms with van der Waals surface area (Å²) >= 11 is 0. The van der Waals surface area contributed by atoms with Gasteiger partial charge in [0.25, 0.3) is 5.09 Å². The van der Waals surface area contributed by atoms with Crippen molar-refractivity contribution in [2.75, 3.05) is 26.2 Å². The summed E-state index contributed by atoms with van der Waals surface area (Å²) in [5.74, 6) is -0.448. The Morgan fingerprint density at radius 3 is 2.75 bits per heavy atom. The van der Waals surface area contributed by atoms with Crippen LogP contribution in [-0.4, -0.2) is 48.2 Å². The Labute approximate surface area is 93.8 Å². The molecule has 1 rings (SSSR count). The number of nitrogens with one attached hydrogen (secondary N) is 1. The van der Waals surface area contributed by atoms with Crippen LogP contribution in [0.4, 0.5) is 0 Å². The van der Waals surface area contributed by atoms with E-state index in [2.05, 4.69) is 15.1 Å². The molecule has 1 fully saturated rings. The summed E-state index contributed by atoms with van der Waals surface area (Å²) in [7, 11) is 0. The number of carbonyl (C=O) groups excluding carboxylic acids is 1. The second-order valence-electron chi connectivity index (χ2n) is 3.81. The molecule has 7 heteroatoms. The van der Waals surface area contributed by atoms with E-state index in [9.17, 15) is 14.9 Å². The molecule has 7 nitrogen and oxygen atoms in total. The first-order valence-electron chi connectivity index (χ1n) is 5.41. The van der Waals surface area contributed by atoms with E-state index in [1.165, 1.54) is 19.8 Å². The quantitative estimate of drug-likeness (QED) is 0.505. The Morgan fingerprint density at radius 2 is 2.19 bits per heavy atom. The Hall–Kier alpha value is -1.37. The monoisotopic (exact) mass is 231 g/mol. The van der Waals surface area contributed by atoms with E-state index in [4.69, 9.17) is 0 Å². The Morgan fingerprint density at radius 1 is 1.56 bits per heavy atom. The summed E-state index contributed by atoms with van der Waals surface area (Å²) in [5, 5.41) is 11.6. The van der Waals surface area contributed by atoms with Crippen LogP contribution in [0.5, 0.6) is 0 Å². The lowest BCUT2D eigenvalue weighted by molar-refractivity contribution is -0.763. The van der Waals surface area contributed by atoms with Crippen molar-refractivity contribution in [3.05, 3.63) is 10.1 Å². The Balaban J connectivity index is 2.11. The minimum Gasteiger partial charge on any atom is -0.353 e. The fraction of sp³-hybridized carbons (Fsp3) is 0.889. The highest BCUT2D eigenvalue weighted by Gasteiger charge is 2.17. The minimum atomic E-state index is -1.05. The van der Waals surface area contributed by atoms with Crippen LogP contribution in [0.2, 0.25) is 0 Å². The molecule has 1 saturated heterocycles. The van der Waals surface area contributed by atoms with Crippen molar-refractivity contribution in [2.24, 2.45) is 0 Å². The first kappa shape index (κ1) is 12.7. The lowest BCUT2D eigenvalue weighted by Crippen LogP contribution is -2.39. The molecule has 1 heterocycles. The molecule has 1 aliphatic rings. The van der Waals surface area contributed by atoms with Gasteiger partial charge in [0.1, 0.15) is 0 Å². The first-order valence-corrected chi connectivity index (χ1v) is 5.41. The molecule has 1 atom stereocenters. The predicted octanol–water partition coefficient (Wildman–Crippen LogP) is -0.205. The maximum Gasteiger partial charge on any atom is 0.295 e. The highest BCUT2D eigenvalue weighted by Crippen LogP contribution is 2.05. The minimum absolute atomic E-state index is 0.448. The Bertz CT molecular complexity index is 253. The lowest BCUT2D eigenvalue weighted by atomic mass is 10.4. The molecule has 1 N–H and O–H groups in total. The van der Waals surface area contributed by atoms with Gasteiger partial charge in [0.2, 0.25) is 5.91 Å². The molecule has 0 aromatic heterocycles. The Kier molecular flexibility index (Phi) is 4.97. The van der Waals surface area contributed by atoms with Crippen molar-refractivity contribution in [1.29, 1.82) is 0 Å². The molecule has 0 aromatic carbocycles. The topological polar surface area (TPSA) is 84.7 Å². The van der Waals surface area contributed by atoms with Crippen LogP contribution in [0.15, 0.2) is 0 Å². The molecule has 0 radical (unpaired) electrons. The smallest absolute Gasteiger partial charge is 0.295 e. The molecular formula is C9H17N3O4. The van der Waals surface area contributed by atoms with Crippen molar-refractivity contribution in [3.8, 4) is 0 Å². The summed E-state index contributed by atoms with van der Waals surface area (Å²) < 4.78 is 0. The van der Waals surface area contributed by atoms with Crippen molar-refractivity contribution < 1.29 is 14.7 Å². The van der Waals surface area contributed by atoms with Crippen LogP contribution in [0.25, 0.3) is 0 Å². The largest absolute Gasteiger partial charge is 0.353 e. The molecule has 0 spiro atoms. The van der Waals surface area contributed by atoms with Crippen LogP contribution in [0.3, 0.4) is 0 Å². The number of likely N-dealkylation sites (tertiary alicyclic amines) is 1. The van der Waals surface area contributed by atoms with Crippen LogP contribution in [-0.2, 0) is 9.63 Å². The normalized spacial score (nSPS) is 18.1. The van der Waals surface area contributed by atoms with Gasteiger partial charge in [-0.25, -0.2) is 0 Å². The van der Waals surface area contributed by atoms with Gasteiger partial charge in [0.05, 0.1) is 0 Å². The third-order valence-corrected chi connectivity index (χ3v) is 2.54. The van der Waals surface area contributed by atoms with Gasteiger partial charge < -0.3 is 15.1 Å². The molecular weight excluding hydrogens is 214 g/mol. The molecule has 1 aliphatic heterocycles. The number of hydrogen-bond donors (Lipinski definition) is 1. The molecule has 0 saturated carbocycles. The van der Waals surface area contributed by atoms with Gasteiger partial charge in [-0.05, 0) is 32.9 Å². The van der Waals surface area contributed by atoms with Gasteiger partial charge in [-0.2, -0.15) is 0 Å². The second kappa shape index (κ2) is 6.26. The molecule has 92 valence electrons. The van der Waals surface area contributed by atoms with Gasteiger partial charge in [-0.3, -0.25) is 4.79 Å². The average Bonchev–Trinajstić information content (AvgIpc) is 2.69. The number of hydrogen-bond acceptors (Lipinski definition) is 5. The zero-order valence-electron chi connectivity index (χ0n) is 9.35. The molecule has 0 aliphatic carbocycles. The van der Waals surface area contributed by atoms with Crippen molar-refractivity contribution in [1.82, 2.24) is 10.2 Å². The molecule has 0 aromatic rings. The van der Waals surface area contributed by atoms with Gasteiger partial charge in [0, 0.05) is 13.1 Å². The summed E-state index contributed by atoms with van der Waals surface area (Å²) in [6.45, 7) is 4.78. The maximum absolute atomic E-state index is 11.3. The van der Waals surface area contributed by atoms with E-state index in [1.807, 2.05) is 0 Å². The molecule has 1 unspecified atom stereocenters. The highest BCUT2D eigenvalue weighted by atomic mass is 17.0. The van der Waals surface area contributed by atoms with Gasteiger partial charge in [-0.15, -0.1) is 10.1 Å². The molecule has 16 heavy (non-hydrogen) atoms. The predicted molar refractivity (Wildman–Crippen MR) is 56.2 cm³/mol. The third kappa shape index (κ3) is 4.43. The third-order valence-electron chi connectivity index (χ3n) is 2.54. The highest BCUT2D eigenvalue weighted by molar-refractivity contribution is 5.80. The number of rotatable bonds is 6. The van der Waals surface area contributed by atoms with Crippen LogP contribution >= 0.6 is 0 Å². The summed E-state index contributed by atoms with van der Waals surface area (Å²) in [5.41, 5.74) is 0. The van der Waals surface area contributed by atoms with Gasteiger partial charge >= 0.3 is 0 Å². The maximum atomic E-state index is 11.3. The molecule has 1 amide bonds. The number of nitrogens with zero attached hydrogens (tertiary/aromatic N) is 2. The van der Waals surface area contributed by atoms with Gasteiger partial charge in [-0.1, -0.05) is 0 Å². The van der Waals surface area contributed by atoms with Crippen molar-refractivity contribution in [2.45, 2.75) is 25.9 Å².